The average Bonchev–Trinajstić information content (AvgIpc) is 1.82. The number of carboxylic acid groups (broad SMARTS) is 3. The first kappa shape index (κ1) is 19.4. The van der Waals surface area contributed by atoms with Gasteiger partial charge in [0.25, 0.3) is 0 Å². The van der Waals surface area contributed by atoms with Gasteiger partial charge in [-0.05, 0) is 0 Å². The predicted molar refractivity (Wildman–Crippen MR) is 40.7 cm³/mol. The summed E-state index contributed by atoms with van der Waals surface area (Å²) in [5.74, 6) is -5.02. The van der Waals surface area contributed by atoms with Gasteiger partial charge < -0.3 is 25.9 Å². The van der Waals surface area contributed by atoms with Crippen LogP contribution < -0.4 is 0 Å². The first-order chi connectivity index (χ1) is 5.78. The van der Waals surface area contributed by atoms with Crippen LogP contribution in [0.3, 0.4) is 0 Å². The standard InChI is InChI=1S/C6H8O7.Mn.H2O/c7-3(8)1-6(13,5(11)12)2-4(9)10;;/h13H,1-2H2,(H,7,8)(H,9,10)(H,11,12);;1H2. The molecule has 0 atom stereocenters. The van der Waals surface area contributed by atoms with Gasteiger partial charge in [0, 0.05) is 17.1 Å². The molecule has 6 N–H and O–H groups in total. The molecule has 0 rings (SSSR count). The van der Waals surface area contributed by atoms with E-state index in [1.807, 2.05) is 0 Å². The number of carboxylic acids is 3. The van der Waals surface area contributed by atoms with Crippen molar-refractivity contribution < 1.29 is 57.4 Å². The van der Waals surface area contributed by atoms with Crippen molar-refractivity contribution in [1.29, 1.82) is 0 Å². The van der Waals surface area contributed by atoms with E-state index in [0.717, 1.165) is 0 Å². The van der Waals surface area contributed by atoms with Crippen LogP contribution in [-0.4, -0.2) is 49.4 Å². The van der Waals surface area contributed by atoms with Crippen LogP contribution >= 0.6 is 0 Å². The summed E-state index contributed by atoms with van der Waals surface area (Å²) >= 11 is 0. The molecule has 0 aliphatic heterocycles. The fourth-order valence-electron chi connectivity index (χ4n) is 0.714. The molecule has 0 amide bonds. The SMILES string of the molecule is O.O=C(O)CC(O)(CC(=O)O)C(=O)O.[Mn]. The summed E-state index contributed by atoms with van der Waals surface area (Å²) < 4.78 is 0. The maximum atomic E-state index is 10.3. The van der Waals surface area contributed by atoms with Crippen molar-refractivity contribution in [2.45, 2.75) is 18.4 Å². The summed E-state index contributed by atoms with van der Waals surface area (Å²) in [4.78, 5) is 30.5. The van der Waals surface area contributed by atoms with Crippen molar-refractivity contribution >= 4 is 17.9 Å². The van der Waals surface area contributed by atoms with Crippen molar-refractivity contribution in [2.75, 3.05) is 0 Å². The first-order valence-electron chi connectivity index (χ1n) is 3.17. The van der Waals surface area contributed by atoms with Crippen LogP contribution in [0.1, 0.15) is 12.8 Å². The van der Waals surface area contributed by atoms with Gasteiger partial charge in [-0.15, -0.1) is 0 Å². The number of aliphatic carboxylic acids is 3. The van der Waals surface area contributed by atoms with E-state index in [-0.39, 0.29) is 22.5 Å². The number of aliphatic hydroxyl groups is 1. The summed E-state index contributed by atoms with van der Waals surface area (Å²) in [5, 5.41) is 33.8. The number of carbonyl (C=O) groups is 3. The maximum absolute atomic E-state index is 10.3. The van der Waals surface area contributed by atoms with E-state index in [0.29, 0.717) is 0 Å². The van der Waals surface area contributed by atoms with Crippen LogP contribution in [-0.2, 0) is 31.5 Å². The van der Waals surface area contributed by atoms with Crippen LogP contribution in [0.4, 0.5) is 0 Å². The summed E-state index contributed by atoms with van der Waals surface area (Å²) in [6, 6.07) is 0. The fourth-order valence-corrected chi connectivity index (χ4v) is 0.714. The van der Waals surface area contributed by atoms with Gasteiger partial charge in [-0.1, -0.05) is 0 Å². The second-order valence-corrected chi connectivity index (χ2v) is 2.48. The molecule has 0 aliphatic rings. The Morgan fingerprint density at radius 1 is 0.933 bits per heavy atom. The van der Waals surface area contributed by atoms with Gasteiger partial charge in [-0.2, -0.15) is 0 Å². The van der Waals surface area contributed by atoms with Gasteiger partial charge in [0.15, 0.2) is 5.60 Å². The molecular weight excluding hydrogens is 255 g/mol. The molecule has 0 saturated heterocycles. The molecule has 0 saturated carbocycles. The van der Waals surface area contributed by atoms with Gasteiger partial charge >= 0.3 is 17.9 Å². The zero-order valence-corrected chi connectivity index (χ0v) is 8.49. The summed E-state index contributed by atoms with van der Waals surface area (Å²) in [6.07, 6.45) is -2.29. The molecule has 0 spiro atoms. The largest absolute Gasteiger partial charge is 0.481 e. The summed E-state index contributed by atoms with van der Waals surface area (Å²) in [5.41, 5.74) is -2.74. The molecule has 1 radical (unpaired) electrons. The molecule has 0 unspecified atom stereocenters. The number of hydrogen-bond acceptors (Lipinski definition) is 4. The third-order valence-corrected chi connectivity index (χ3v) is 1.29. The van der Waals surface area contributed by atoms with E-state index in [9.17, 15) is 14.4 Å². The molecular formula is C6H10MnO8. The van der Waals surface area contributed by atoms with Gasteiger partial charge in [0.2, 0.25) is 0 Å². The van der Waals surface area contributed by atoms with E-state index in [1.54, 1.807) is 0 Å². The minimum atomic E-state index is -2.74. The van der Waals surface area contributed by atoms with Crippen LogP contribution in [0.5, 0.6) is 0 Å². The Balaban J connectivity index is -0.000000720. The van der Waals surface area contributed by atoms with E-state index >= 15 is 0 Å². The Bertz CT molecular complexity index is 234. The van der Waals surface area contributed by atoms with Crippen molar-refractivity contribution in [3.05, 3.63) is 0 Å². The third kappa shape index (κ3) is 6.86. The van der Waals surface area contributed by atoms with Crippen molar-refractivity contribution in [2.24, 2.45) is 0 Å². The quantitative estimate of drug-likeness (QED) is 0.414. The summed E-state index contributed by atoms with van der Waals surface area (Å²) in [6.45, 7) is 0. The molecule has 0 heterocycles. The van der Waals surface area contributed by atoms with Crippen LogP contribution in [0.2, 0.25) is 0 Å². The zero-order chi connectivity index (χ0) is 10.6. The van der Waals surface area contributed by atoms with Crippen LogP contribution in [0.15, 0.2) is 0 Å². The minimum absolute atomic E-state index is 0. The molecule has 0 fully saturated rings. The monoisotopic (exact) mass is 265 g/mol. The Morgan fingerprint density at radius 3 is 1.33 bits per heavy atom. The average molecular weight is 265 g/mol. The third-order valence-electron chi connectivity index (χ3n) is 1.29. The Kier molecular flexibility index (Phi) is 9.30. The predicted octanol–water partition coefficient (Wildman–Crippen LogP) is -2.08. The topological polar surface area (TPSA) is 164 Å². The van der Waals surface area contributed by atoms with Crippen molar-refractivity contribution in [1.82, 2.24) is 0 Å². The van der Waals surface area contributed by atoms with Crippen molar-refractivity contribution in [3.8, 4) is 0 Å². The number of rotatable bonds is 5. The Hall–Kier alpha value is -1.15. The van der Waals surface area contributed by atoms with E-state index in [2.05, 4.69) is 0 Å². The van der Waals surface area contributed by atoms with Gasteiger partial charge in [-0.25, -0.2) is 4.79 Å². The van der Waals surface area contributed by atoms with Crippen LogP contribution in [0, 0.1) is 0 Å². The molecule has 89 valence electrons. The van der Waals surface area contributed by atoms with Gasteiger partial charge in [-0.3, -0.25) is 9.59 Å². The second kappa shape index (κ2) is 7.18. The molecule has 9 heteroatoms. The second-order valence-electron chi connectivity index (χ2n) is 2.48. The van der Waals surface area contributed by atoms with Gasteiger partial charge in [0.1, 0.15) is 0 Å². The number of hydrogen-bond donors (Lipinski definition) is 4. The van der Waals surface area contributed by atoms with Crippen LogP contribution in [0.25, 0.3) is 0 Å². The van der Waals surface area contributed by atoms with E-state index in [1.165, 1.54) is 0 Å². The molecule has 0 aliphatic carbocycles. The Labute approximate surface area is 94.3 Å². The minimum Gasteiger partial charge on any atom is -0.481 e. The smallest absolute Gasteiger partial charge is 0.336 e. The fraction of sp³-hybridized carbons (Fsp3) is 0.500. The maximum Gasteiger partial charge on any atom is 0.336 e. The summed E-state index contributed by atoms with van der Waals surface area (Å²) in [7, 11) is 0. The normalized spacial score (nSPS) is 9.40. The van der Waals surface area contributed by atoms with Gasteiger partial charge in [0.05, 0.1) is 12.8 Å². The molecule has 15 heavy (non-hydrogen) atoms. The van der Waals surface area contributed by atoms with E-state index < -0.39 is 36.4 Å². The molecule has 0 aromatic rings. The zero-order valence-electron chi connectivity index (χ0n) is 7.31. The van der Waals surface area contributed by atoms with Crippen molar-refractivity contribution in [3.63, 3.8) is 0 Å². The van der Waals surface area contributed by atoms with E-state index in [4.69, 9.17) is 20.4 Å². The molecule has 0 aromatic carbocycles. The molecule has 0 bridgehead atoms. The molecule has 0 aromatic heterocycles. The Morgan fingerprint density at radius 2 is 1.20 bits per heavy atom. The molecule has 8 nitrogen and oxygen atoms in total. The first-order valence-corrected chi connectivity index (χ1v) is 3.17.